The highest BCUT2D eigenvalue weighted by Crippen LogP contribution is 2.53. The average molecular weight is 852 g/mol. The summed E-state index contributed by atoms with van der Waals surface area (Å²) in [4.78, 5) is 3.44. The van der Waals surface area contributed by atoms with Gasteiger partial charge in [-0.25, -0.2) is 0 Å². The lowest BCUT2D eigenvalue weighted by Gasteiger charge is -2.30. The Labute approximate surface area is 370 Å². The highest BCUT2D eigenvalue weighted by molar-refractivity contribution is 7.97. The summed E-state index contributed by atoms with van der Waals surface area (Å²) < 4.78 is 43.6. The van der Waals surface area contributed by atoms with Crippen molar-refractivity contribution in [1.29, 1.82) is 0 Å². The molecule has 0 N–H and O–H groups in total. The Morgan fingerprint density at radius 2 is 0.541 bits per heavy atom. The molecule has 3 aromatic rings. The van der Waals surface area contributed by atoms with Crippen molar-refractivity contribution in [2.45, 2.75) is 244 Å². The van der Waals surface area contributed by atoms with Crippen molar-refractivity contribution in [3.63, 3.8) is 0 Å². The molecule has 6 saturated carbocycles. The SMILES string of the molecule is c1ccc([S+](c2c(OC3CCCCC3)cc(OC3CCCCC3)cc2OC2CCCCC2)c2c(OC3CCCCC3)cc(OC3CCCCC3)cc2OC2CCCCC2)cc1. The third-order valence-electron chi connectivity index (χ3n) is 14.5. The standard InChI is InChI=1S/C54H75O6S/c1-8-22-40(23-9-1)55-46-36-49(57-42-26-12-3-13-27-42)53(50(37-46)58-43-28-14-4-15-29-43)61(48-34-20-7-21-35-48)54-51(59-44-30-16-5-17-31-44)38-47(56-41-24-10-2-11-25-41)39-52(54)60-45-32-18-6-19-33-45/h7,20-21,34-45H,1-6,8-19,22-33H2/q+1. The molecule has 0 spiro atoms. The highest BCUT2D eigenvalue weighted by Gasteiger charge is 2.45. The van der Waals surface area contributed by atoms with Gasteiger partial charge in [0.05, 0.1) is 36.6 Å². The van der Waals surface area contributed by atoms with Crippen LogP contribution in [0.4, 0.5) is 0 Å². The van der Waals surface area contributed by atoms with E-state index in [4.69, 9.17) is 28.4 Å². The van der Waals surface area contributed by atoms with Crippen LogP contribution in [0.25, 0.3) is 0 Å². The Balaban J connectivity index is 1.25. The number of ether oxygens (including phenoxy) is 6. The van der Waals surface area contributed by atoms with Gasteiger partial charge in [-0.05, 0) is 166 Å². The van der Waals surface area contributed by atoms with Gasteiger partial charge in [0.1, 0.15) is 22.4 Å². The second-order valence-electron chi connectivity index (χ2n) is 19.4. The summed E-state index contributed by atoms with van der Waals surface area (Å²) in [5, 5.41) is 0. The smallest absolute Gasteiger partial charge is 0.250 e. The summed E-state index contributed by atoms with van der Waals surface area (Å²) in [5.74, 6) is 5.41. The maximum atomic E-state index is 7.41. The van der Waals surface area contributed by atoms with E-state index in [1.165, 1.54) is 120 Å². The van der Waals surface area contributed by atoms with Crippen molar-refractivity contribution < 1.29 is 28.4 Å². The van der Waals surface area contributed by atoms with E-state index >= 15 is 0 Å². The van der Waals surface area contributed by atoms with Gasteiger partial charge in [-0.2, -0.15) is 0 Å². The van der Waals surface area contributed by atoms with Gasteiger partial charge in [0.2, 0.25) is 0 Å². The van der Waals surface area contributed by atoms with Gasteiger partial charge < -0.3 is 28.4 Å². The zero-order chi connectivity index (χ0) is 41.1. The first-order valence-electron chi connectivity index (χ1n) is 25.4. The third-order valence-corrected chi connectivity index (χ3v) is 16.8. The molecule has 6 fully saturated rings. The quantitative estimate of drug-likeness (QED) is 0.142. The van der Waals surface area contributed by atoms with Crippen LogP contribution in [0.2, 0.25) is 0 Å². The molecule has 6 nitrogen and oxygen atoms in total. The largest absolute Gasteiger partial charge is 0.490 e. The van der Waals surface area contributed by atoms with E-state index in [1.807, 2.05) is 0 Å². The van der Waals surface area contributed by atoms with E-state index in [-0.39, 0.29) is 36.6 Å². The highest BCUT2D eigenvalue weighted by atomic mass is 32.2. The van der Waals surface area contributed by atoms with Crippen molar-refractivity contribution in [3.05, 3.63) is 54.6 Å². The lowest BCUT2D eigenvalue weighted by atomic mass is 9.97. The fraction of sp³-hybridized carbons (Fsp3) is 0.667. The fourth-order valence-corrected chi connectivity index (χ4v) is 13.4. The molecule has 0 atom stereocenters. The average Bonchev–Trinajstić information content (AvgIpc) is 3.30. The van der Waals surface area contributed by atoms with Crippen molar-refractivity contribution in [2.24, 2.45) is 0 Å². The van der Waals surface area contributed by atoms with Gasteiger partial charge in [-0.15, -0.1) is 0 Å². The minimum absolute atomic E-state index is 0.156. The minimum Gasteiger partial charge on any atom is -0.490 e. The van der Waals surface area contributed by atoms with Crippen LogP contribution in [0.15, 0.2) is 69.3 Å². The zero-order valence-electron chi connectivity index (χ0n) is 37.2. The molecule has 9 rings (SSSR count). The van der Waals surface area contributed by atoms with Gasteiger partial charge in [0.15, 0.2) is 27.9 Å². The number of rotatable bonds is 15. The second kappa shape index (κ2) is 21.9. The molecule has 0 aliphatic heterocycles. The first-order valence-corrected chi connectivity index (χ1v) is 26.6. The predicted octanol–water partition coefficient (Wildman–Crippen LogP) is 15.1. The second-order valence-corrected chi connectivity index (χ2v) is 21.3. The minimum atomic E-state index is -0.719. The van der Waals surface area contributed by atoms with E-state index in [1.54, 1.807) is 0 Å². The number of benzene rings is 3. The molecule has 332 valence electrons. The van der Waals surface area contributed by atoms with Crippen molar-refractivity contribution in [1.82, 2.24) is 0 Å². The van der Waals surface area contributed by atoms with E-state index in [2.05, 4.69) is 54.6 Å². The number of hydrogen-bond donors (Lipinski definition) is 0. The van der Waals surface area contributed by atoms with E-state index in [0.717, 1.165) is 121 Å². The topological polar surface area (TPSA) is 55.4 Å². The lowest BCUT2D eigenvalue weighted by molar-refractivity contribution is 0.130. The Kier molecular flexibility index (Phi) is 15.5. The third kappa shape index (κ3) is 11.7. The fourth-order valence-electron chi connectivity index (χ4n) is 11.1. The Bertz CT molecular complexity index is 1580. The van der Waals surface area contributed by atoms with Gasteiger partial charge in [-0.3, -0.25) is 0 Å². The lowest BCUT2D eigenvalue weighted by Crippen LogP contribution is -2.26. The van der Waals surface area contributed by atoms with Gasteiger partial charge >= 0.3 is 0 Å². The summed E-state index contributed by atoms with van der Waals surface area (Å²) in [6.07, 6.45) is 36.3. The zero-order valence-corrected chi connectivity index (χ0v) is 38.0. The van der Waals surface area contributed by atoms with Crippen LogP contribution in [0.1, 0.15) is 193 Å². The van der Waals surface area contributed by atoms with E-state index in [0.29, 0.717) is 0 Å². The van der Waals surface area contributed by atoms with Crippen LogP contribution in [0.3, 0.4) is 0 Å². The Hall–Kier alpha value is -3.19. The Morgan fingerprint density at radius 3 is 0.803 bits per heavy atom. The monoisotopic (exact) mass is 852 g/mol. The van der Waals surface area contributed by atoms with Crippen LogP contribution < -0.4 is 28.4 Å². The van der Waals surface area contributed by atoms with E-state index < -0.39 is 10.9 Å². The molecule has 0 heterocycles. The molecule has 0 bridgehead atoms. The maximum absolute atomic E-state index is 7.41. The van der Waals surface area contributed by atoms with Crippen LogP contribution in [0, 0.1) is 0 Å². The van der Waals surface area contributed by atoms with Gasteiger partial charge in [-0.1, -0.05) is 56.7 Å². The van der Waals surface area contributed by atoms with Crippen LogP contribution >= 0.6 is 0 Å². The summed E-state index contributed by atoms with van der Waals surface area (Å²) >= 11 is 0. The van der Waals surface area contributed by atoms with Gasteiger partial charge in [0.25, 0.3) is 9.79 Å². The number of hydrogen-bond acceptors (Lipinski definition) is 6. The summed E-state index contributed by atoms with van der Waals surface area (Å²) in [5.41, 5.74) is 0. The van der Waals surface area contributed by atoms with Crippen molar-refractivity contribution in [3.8, 4) is 34.5 Å². The molecule has 6 aliphatic carbocycles. The Morgan fingerprint density at radius 1 is 0.295 bits per heavy atom. The predicted molar refractivity (Wildman–Crippen MR) is 246 cm³/mol. The summed E-state index contributed by atoms with van der Waals surface area (Å²) in [6.45, 7) is 0. The molecule has 7 heteroatoms. The van der Waals surface area contributed by atoms with Crippen LogP contribution in [-0.4, -0.2) is 36.6 Å². The van der Waals surface area contributed by atoms with E-state index in [9.17, 15) is 0 Å². The molecule has 0 amide bonds. The molecule has 0 unspecified atom stereocenters. The molecule has 0 radical (unpaired) electrons. The molecular weight excluding hydrogens is 777 g/mol. The van der Waals surface area contributed by atoms with Crippen LogP contribution in [0.5, 0.6) is 34.5 Å². The molecular formula is C54H75O6S+. The first-order chi connectivity index (χ1) is 30.2. The maximum Gasteiger partial charge on any atom is 0.250 e. The molecule has 61 heavy (non-hydrogen) atoms. The van der Waals surface area contributed by atoms with Crippen LogP contribution in [-0.2, 0) is 10.9 Å². The van der Waals surface area contributed by atoms with Gasteiger partial charge in [0, 0.05) is 24.3 Å². The normalized spacial score (nSPS) is 22.2. The summed E-state index contributed by atoms with van der Waals surface area (Å²) in [7, 11) is -0.719. The van der Waals surface area contributed by atoms with Crippen molar-refractivity contribution in [2.75, 3.05) is 0 Å². The molecule has 6 aliphatic rings. The molecule has 3 aromatic carbocycles. The molecule has 0 saturated heterocycles. The molecule has 0 aromatic heterocycles. The summed E-state index contributed by atoms with van der Waals surface area (Å²) in [6, 6.07) is 20.2. The first kappa shape index (κ1) is 43.1. The van der Waals surface area contributed by atoms with Crippen molar-refractivity contribution >= 4 is 10.9 Å².